The number of benzene rings is 1. The molecule has 0 aromatic heterocycles. The molecule has 1 heterocycles. The molecular formula is C17H25NO2. The van der Waals surface area contributed by atoms with Crippen molar-refractivity contribution in [3.05, 3.63) is 34.9 Å². The SMILES string of the molecule is CCC1(CO)CCN(C(=O)c2cc(C)cc(C)c2)CC1. The molecule has 1 aliphatic rings. The van der Waals surface area contributed by atoms with Crippen LogP contribution in [0.4, 0.5) is 0 Å². The number of carbonyl (C=O) groups excluding carboxylic acids is 1. The maximum absolute atomic E-state index is 12.6. The van der Waals surface area contributed by atoms with Gasteiger partial charge in [0.15, 0.2) is 0 Å². The molecular weight excluding hydrogens is 250 g/mol. The van der Waals surface area contributed by atoms with Gasteiger partial charge in [-0.3, -0.25) is 4.79 Å². The summed E-state index contributed by atoms with van der Waals surface area (Å²) in [6, 6.07) is 6.01. The van der Waals surface area contributed by atoms with E-state index in [4.69, 9.17) is 0 Å². The van der Waals surface area contributed by atoms with Crippen LogP contribution in [0.5, 0.6) is 0 Å². The molecule has 0 radical (unpaired) electrons. The summed E-state index contributed by atoms with van der Waals surface area (Å²) < 4.78 is 0. The Hall–Kier alpha value is -1.35. The number of aryl methyl sites for hydroxylation is 2. The first-order valence-corrected chi connectivity index (χ1v) is 7.48. The normalized spacial score (nSPS) is 18.1. The summed E-state index contributed by atoms with van der Waals surface area (Å²) in [5, 5.41) is 9.55. The Balaban J connectivity index is 2.08. The van der Waals surface area contributed by atoms with Crippen LogP contribution in [0.15, 0.2) is 18.2 Å². The van der Waals surface area contributed by atoms with Crippen LogP contribution >= 0.6 is 0 Å². The van der Waals surface area contributed by atoms with Crippen molar-refractivity contribution in [3.63, 3.8) is 0 Å². The van der Waals surface area contributed by atoms with Gasteiger partial charge in [-0.05, 0) is 50.7 Å². The molecule has 0 unspecified atom stereocenters. The minimum Gasteiger partial charge on any atom is -0.396 e. The lowest BCUT2D eigenvalue weighted by Crippen LogP contribution is -2.44. The van der Waals surface area contributed by atoms with Gasteiger partial charge in [0.2, 0.25) is 0 Å². The summed E-state index contributed by atoms with van der Waals surface area (Å²) in [5.41, 5.74) is 3.07. The van der Waals surface area contributed by atoms with Crippen LogP contribution in [-0.2, 0) is 0 Å². The molecule has 0 atom stereocenters. The fourth-order valence-electron chi connectivity index (χ4n) is 3.09. The van der Waals surface area contributed by atoms with Crippen molar-refractivity contribution in [3.8, 4) is 0 Å². The van der Waals surface area contributed by atoms with E-state index in [1.54, 1.807) is 0 Å². The third-order valence-corrected chi connectivity index (χ3v) is 4.67. The maximum atomic E-state index is 12.6. The Kier molecular flexibility index (Phi) is 4.48. The Labute approximate surface area is 121 Å². The van der Waals surface area contributed by atoms with Gasteiger partial charge in [-0.25, -0.2) is 0 Å². The summed E-state index contributed by atoms with van der Waals surface area (Å²) in [5.74, 6) is 0.124. The molecule has 1 aliphatic heterocycles. The number of hydrogen-bond donors (Lipinski definition) is 1. The first kappa shape index (κ1) is 15.0. The van der Waals surface area contributed by atoms with Crippen molar-refractivity contribution >= 4 is 5.91 Å². The number of aliphatic hydroxyl groups is 1. The molecule has 1 saturated heterocycles. The predicted molar refractivity (Wildman–Crippen MR) is 80.9 cm³/mol. The van der Waals surface area contributed by atoms with Crippen LogP contribution < -0.4 is 0 Å². The predicted octanol–water partition coefficient (Wildman–Crippen LogP) is 2.93. The minimum absolute atomic E-state index is 0.0271. The molecule has 1 N–H and O–H groups in total. The highest BCUT2D eigenvalue weighted by Gasteiger charge is 2.34. The fourth-order valence-corrected chi connectivity index (χ4v) is 3.09. The van der Waals surface area contributed by atoms with Crippen LogP contribution in [0.2, 0.25) is 0 Å². The van der Waals surface area contributed by atoms with E-state index in [1.807, 2.05) is 30.9 Å². The van der Waals surface area contributed by atoms with E-state index < -0.39 is 0 Å². The summed E-state index contributed by atoms with van der Waals surface area (Å²) >= 11 is 0. The number of aliphatic hydroxyl groups excluding tert-OH is 1. The third-order valence-electron chi connectivity index (χ3n) is 4.67. The van der Waals surface area contributed by atoms with E-state index in [2.05, 4.69) is 13.0 Å². The van der Waals surface area contributed by atoms with Crippen molar-refractivity contribution in [2.45, 2.75) is 40.0 Å². The summed E-state index contributed by atoms with van der Waals surface area (Å²) in [4.78, 5) is 14.5. The molecule has 2 rings (SSSR count). The van der Waals surface area contributed by atoms with Crippen LogP contribution in [0.1, 0.15) is 47.7 Å². The standard InChI is InChI=1S/C17H25NO2/c1-4-17(12-19)5-7-18(8-6-17)16(20)15-10-13(2)9-14(3)11-15/h9-11,19H,4-8,12H2,1-3H3. The number of rotatable bonds is 3. The number of hydrogen-bond acceptors (Lipinski definition) is 2. The molecule has 0 saturated carbocycles. The molecule has 1 aromatic rings. The number of piperidine rings is 1. The van der Waals surface area contributed by atoms with Gasteiger partial charge in [0, 0.05) is 25.3 Å². The number of amides is 1. The van der Waals surface area contributed by atoms with Crippen molar-refractivity contribution in [1.82, 2.24) is 4.90 Å². The van der Waals surface area contributed by atoms with Crippen LogP contribution in [0.25, 0.3) is 0 Å². The van der Waals surface area contributed by atoms with Gasteiger partial charge in [-0.2, -0.15) is 0 Å². The van der Waals surface area contributed by atoms with Gasteiger partial charge in [0.05, 0.1) is 0 Å². The molecule has 110 valence electrons. The summed E-state index contributed by atoms with van der Waals surface area (Å²) in [7, 11) is 0. The first-order chi connectivity index (χ1) is 9.49. The smallest absolute Gasteiger partial charge is 0.253 e. The molecule has 1 aromatic carbocycles. The van der Waals surface area contributed by atoms with Crippen molar-refractivity contribution in [1.29, 1.82) is 0 Å². The second-order valence-corrected chi connectivity index (χ2v) is 6.18. The Bertz CT molecular complexity index is 462. The highest BCUT2D eigenvalue weighted by Crippen LogP contribution is 2.34. The fraction of sp³-hybridized carbons (Fsp3) is 0.588. The largest absolute Gasteiger partial charge is 0.396 e. The maximum Gasteiger partial charge on any atom is 0.253 e. The molecule has 1 fully saturated rings. The minimum atomic E-state index is 0.0271. The average Bonchev–Trinajstić information content (AvgIpc) is 2.45. The zero-order valence-corrected chi connectivity index (χ0v) is 12.8. The molecule has 0 bridgehead atoms. The molecule has 3 heteroatoms. The number of carbonyl (C=O) groups is 1. The van der Waals surface area contributed by atoms with Crippen molar-refractivity contribution in [2.24, 2.45) is 5.41 Å². The van der Waals surface area contributed by atoms with E-state index in [1.165, 1.54) is 0 Å². The molecule has 20 heavy (non-hydrogen) atoms. The summed E-state index contributed by atoms with van der Waals surface area (Å²) in [6.07, 6.45) is 2.78. The van der Waals surface area contributed by atoms with Crippen molar-refractivity contribution in [2.75, 3.05) is 19.7 Å². The second-order valence-electron chi connectivity index (χ2n) is 6.18. The van der Waals surface area contributed by atoms with E-state index in [9.17, 15) is 9.90 Å². The van der Waals surface area contributed by atoms with E-state index in [-0.39, 0.29) is 17.9 Å². The van der Waals surface area contributed by atoms with Gasteiger partial charge in [0.25, 0.3) is 5.91 Å². The van der Waals surface area contributed by atoms with E-state index in [0.29, 0.717) is 0 Å². The molecule has 0 spiro atoms. The van der Waals surface area contributed by atoms with Crippen molar-refractivity contribution < 1.29 is 9.90 Å². The lowest BCUT2D eigenvalue weighted by Gasteiger charge is -2.40. The number of likely N-dealkylation sites (tertiary alicyclic amines) is 1. The van der Waals surface area contributed by atoms with Gasteiger partial charge in [-0.15, -0.1) is 0 Å². The summed E-state index contributed by atoms with van der Waals surface area (Å²) in [6.45, 7) is 7.90. The highest BCUT2D eigenvalue weighted by molar-refractivity contribution is 5.94. The Morgan fingerprint density at radius 2 is 1.75 bits per heavy atom. The van der Waals surface area contributed by atoms with Gasteiger partial charge in [-0.1, -0.05) is 24.1 Å². The van der Waals surface area contributed by atoms with Gasteiger partial charge >= 0.3 is 0 Å². The van der Waals surface area contributed by atoms with Crippen LogP contribution in [-0.4, -0.2) is 35.6 Å². The van der Waals surface area contributed by atoms with Gasteiger partial charge in [0.1, 0.15) is 0 Å². The molecule has 0 aliphatic carbocycles. The second kappa shape index (κ2) is 5.96. The topological polar surface area (TPSA) is 40.5 Å². The Morgan fingerprint density at radius 3 is 2.20 bits per heavy atom. The lowest BCUT2D eigenvalue weighted by atomic mass is 9.77. The third kappa shape index (κ3) is 3.04. The average molecular weight is 275 g/mol. The van der Waals surface area contributed by atoms with Crippen LogP contribution in [0.3, 0.4) is 0 Å². The quantitative estimate of drug-likeness (QED) is 0.921. The zero-order chi connectivity index (χ0) is 14.8. The number of nitrogens with zero attached hydrogens (tertiary/aromatic N) is 1. The lowest BCUT2D eigenvalue weighted by molar-refractivity contribution is 0.0338. The monoisotopic (exact) mass is 275 g/mol. The van der Waals surface area contributed by atoms with Gasteiger partial charge < -0.3 is 10.0 Å². The van der Waals surface area contributed by atoms with Crippen LogP contribution in [0, 0.1) is 19.3 Å². The van der Waals surface area contributed by atoms with E-state index >= 15 is 0 Å². The zero-order valence-electron chi connectivity index (χ0n) is 12.8. The Morgan fingerprint density at radius 1 is 1.20 bits per heavy atom. The molecule has 1 amide bonds. The first-order valence-electron chi connectivity index (χ1n) is 7.48. The molecule has 3 nitrogen and oxygen atoms in total. The van der Waals surface area contributed by atoms with E-state index in [0.717, 1.165) is 49.0 Å². The highest BCUT2D eigenvalue weighted by atomic mass is 16.3.